The molecule has 416 valence electrons. The van der Waals surface area contributed by atoms with E-state index in [0.717, 1.165) is 0 Å². The van der Waals surface area contributed by atoms with Crippen molar-refractivity contribution in [1.82, 2.24) is 0 Å². The molecule has 9 saturated heterocycles. The number of aliphatic hydroxyl groups excluding tert-OH is 12. The van der Waals surface area contributed by atoms with Crippen LogP contribution in [0.25, 0.3) is 0 Å². The Morgan fingerprint density at radius 2 is 0.722 bits per heavy atom. The van der Waals surface area contributed by atoms with Gasteiger partial charge in [-0.2, -0.15) is 16.8 Å². The summed E-state index contributed by atoms with van der Waals surface area (Å²) >= 11 is 0. The number of ether oxygens (including phenoxy) is 14. The Kier molecular flexibility index (Phi) is 16.8. The highest BCUT2D eigenvalue weighted by Crippen LogP contribution is 2.41. The highest BCUT2D eigenvalue weighted by atomic mass is 32.3. The topological polar surface area (TPSA) is 499 Å². The van der Waals surface area contributed by atoms with Crippen LogP contribution in [-0.2, 0) is 95.5 Å². The molecule has 0 amide bonds. The maximum absolute atomic E-state index is 11.6. The van der Waals surface area contributed by atoms with Gasteiger partial charge in [0.05, 0.1) is 39.6 Å². The minimum absolute atomic E-state index is 0.144. The van der Waals surface area contributed by atoms with Crippen molar-refractivity contribution in [3.8, 4) is 0 Å². The van der Waals surface area contributed by atoms with E-state index in [4.69, 9.17) is 66.3 Å². The summed E-state index contributed by atoms with van der Waals surface area (Å²) in [6.45, 7) is -3.84. The fourth-order valence-corrected chi connectivity index (χ4v) is 10.5. The van der Waals surface area contributed by atoms with Gasteiger partial charge < -0.3 is 128 Å². The SMILES string of the molecule is O=S(=O)(O)OC[C@H]1O[C@@H](O[C@H]2[C@H]3OC[C@@H]2O[C@@H](O[C@H]2[C@@H](O)[C@@H](COS(=O)(=O)O)O[C@@H](O[C@H]4[C@H]5OC[C@@H]4O[C@@H](O[C@@H]4[C@@H](O)[C@H](O)O[C@H](CO)[C@@H]4O)[C@H]5O)[C@@H]2O)[C@H]3O)[C@H](O)[C@@H](O[C@@H]2O[C@H]3CO[C@@H]([C@@H]2O)[C@@H]3O)[C@H]1O. The van der Waals surface area contributed by atoms with Gasteiger partial charge in [0.1, 0.15) is 146 Å². The van der Waals surface area contributed by atoms with Crippen molar-refractivity contribution in [1.29, 1.82) is 0 Å². The highest BCUT2D eigenvalue weighted by molar-refractivity contribution is 7.81. The first-order chi connectivity index (χ1) is 33.9. The Morgan fingerprint density at radius 1 is 0.375 bits per heavy atom. The number of aliphatic hydroxyl groups is 12. The summed E-state index contributed by atoms with van der Waals surface area (Å²) in [6.07, 6.45) is -50.3. The van der Waals surface area contributed by atoms with Gasteiger partial charge in [0.2, 0.25) is 0 Å². The first-order valence-corrected chi connectivity index (χ1v) is 25.0. The van der Waals surface area contributed by atoms with Crippen LogP contribution in [0.5, 0.6) is 0 Å². The summed E-state index contributed by atoms with van der Waals surface area (Å²) in [4.78, 5) is 0. The molecule has 14 N–H and O–H groups in total. The average Bonchev–Trinajstić information content (AvgIpc) is 3.91. The van der Waals surface area contributed by atoms with Crippen LogP contribution in [0.2, 0.25) is 0 Å². The molecule has 9 heterocycles. The van der Waals surface area contributed by atoms with E-state index in [1.54, 1.807) is 0 Å². The number of fused-ring (bicyclic) bond motifs is 6. The van der Waals surface area contributed by atoms with Crippen LogP contribution in [0.1, 0.15) is 0 Å². The fourth-order valence-electron chi connectivity index (χ4n) is 9.89. The highest BCUT2D eigenvalue weighted by Gasteiger charge is 2.61. The summed E-state index contributed by atoms with van der Waals surface area (Å²) in [5.41, 5.74) is 0. The molecule has 9 aliphatic heterocycles. The lowest BCUT2D eigenvalue weighted by atomic mass is 9.96. The van der Waals surface area contributed by atoms with E-state index in [9.17, 15) is 87.2 Å². The molecule has 9 rings (SSSR count). The van der Waals surface area contributed by atoms with Gasteiger partial charge in [-0.15, -0.1) is 0 Å². The van der Waals surface area contributed by atoms with Crippen LogP contribution in [0.4, 0.5) is 0 Å². The quantitative estimate of drug-likeness (QED) is 0.0602. The van der Waals surface area contributed by atoms with Crippen molar-refractivity contribution in [2.45, 2.75) is 184 Å². The number of rotatable bonds is 17. The molecule has 0 aromatic heterocycles. The van der Waals surface area contributed by atoms with Crippen molar-refractivity contribution < 1.29 is 162 Å². The predicted octanol–water partition coefficient (Wildman–Crippen LogP) is -11.3. The smallest absolute Gasteiger partial charge is 0.394 e. The third-order valence-electron chi connectivity index (χ3n) is 13.6. The molecule has 9 aliphatic rings. The Hall–Kier alpha value is -1.30. The Balaban J connectivity index is 0.877. The van der Waals surface area contributed by atoms with E-state index in [-0.39, 0.29) is 19.8 Å². The molecule has 72 heavy (non-hydrogen) atoms. The second-order valence-electron chi connectivity index (χ2n) is 18.2. The largest absolute Gasteiger partial charge is 0.397 e. The van der Waals surface area contributed by atoms with Gasteiger partial charge in [-0.3, -0.25) is 9.11 Å². The van der Waals surface area contributed by atoms with E-state index in [1.165, 1.54) is 0 Å². The van der Waals surface area contributed by atoms with E-state index in [2.05, 4.69) is 8.37 Å². The van der Waals surface area contributed by atoms with E-state index in [1.807, 2.05) is 0 Å². The van der Waals surface area contributed by atoms with Crippen LogP contribution in [-0.4, -0.2) is 311 Å². The molecule has 0 aliphatic carbocycles. The van der Waals surface area contributed by atoms with Crippen LogP contribution >= 0.6 is 0 Å². The second kappa shape index (κ2) is 21.9. The van der Waals surface area contributed by atoms with E-state index < -0.39 is 225 Å². The molecule has 0 aromatic rings. The molecule has 36 heteroatoms. The lowest BCUT2D eigenvalue weighted by Gasteiger charge is -2.48. The number of hydrogen-bond donors (Lipinski definition) is 14. The predicted molar refractivity (Wildman–Crippen MR) is 210 cm³/mol. The minimum atomic E-state index is -5.19. The van der Waals surface area contributed by atoms with Crippen molar-refractivity contribution in [3.05, 3.63) is 0 Å². The zero-order valence-corrected chi connectivity index (χ0v) is 38.4. The summed E-state index contributed by atoms with van der Waals surface area (Å²) < 4.78 is 153. The molecule has 0 unspecified atom stereocenters. The Morgan fingerprint density at radius 3 is 1.15 bits per heavy atom. The van der Waals surface area contributed by atoms with E-state index >= 15 is 0 Å². The van der Waals surface area contributed by atoms with Crippen LogP contribution in [0, 0.1) is 0 Å². The number of hydrogen-bond acceptors (Lipinski definition) is 32. The van der Waals surface area contributed by atoms with Crippen molar-refractivity contribution >= 4 is 20.8 Å². The molecule has 34 nitrogen and oxygen atoms in total. The van der Waals surface area contributed by atoms with Gasteiger partial charge in [0.25, 0.3) is 0 Å². The monoisotopic (exact) mass is 1100 g/mol. The Bertz CT molecular complexity index is 2060. The summed E-state index contributed by atoms with van der Waals surface area (Å²) in [6, 6.07) is 0. The van der Waals surface area contributed by atoms with Gasteiger partial charge in [-0.25, -0.2) is 8.37 Å². The van der Waals surface area contributed by atoms with Gasteiger partial charge in [0.15, 0.2) is 37.7 Å². The molecule has 0 saturated carbocycles. The third-order valence-corrected chi connectivity index (χ3v) is 14.4. The molecule has 0 aromatic carbocycles. The summed E-state index contributed by atoms with van der Waals surface area (Å²) in [7, 11) is -10.3. The van der Waals surface area contributed by atoms with Crippen molar-refractivity contribution in [3.63, 3.8) is 0 Å². The molecule has 6 bridgehead atoms. The molecule has 9 fully saturated rings. The van der Waals surface area contributed by atoms with Gasteiger partial charge in [-0.05, 0) is 0 Å². The third kappa shape index (κ3) is 11.2. The minimum Gasteiger partial charge on any atom is -0.394 e. The van der Waals surface area contributed by atoms with Crippen LogP contribution in [0.3, 0.4) is 0 Å². The molecule has 30 atom stereocenters. The van der Waals surface area contributed by atoms with Crippen LogP contribution in [0.15, 0.2) is 0 Å². The summed E-state index contributed by atoms with van der Waals surface area (Å²) in [5.74, 6) is 0. The van der Waals surface area contributed by atoms with Gasteiger partial charge in [-0.1, -0.05) is 0 Å². The second-order valence-corrected chi connectivity index (χ2v) is 20.4. The maximum Gasteiger partial charge on any atom is 0.397 e. The zero-order valence-electron chi connectivity index (χ0n) is 36.8. The molecule has 0 radical (unpaired) electrons. The molecule has 0 spiro atoms. The molecular formula is C36H56O34S2. The van der Waals surface area contributed by atoms with Crippen molar-refractivity contribution in [2.75, 3.05) is 39.6 Å². The zero-order chi connectivity index (χ0) is 51.9. The fraction of sp³-hybridized carbons (Fsp3) is 1.00. The summed E-state index contributed by atoms with van der Waals surface area (Å²) in [5, 5.41) is 130. The lowest BCUT2D eigenvalue weighted by Crippen LogP contribution is -2.66. The first-order valence-electron chi connectivity index (χ1n) is 22.3. The van der Waals surface area contributed by atoms with Gasteiger partial charge in [0, 0.05) is 0 Å². The molecular weight excluding hydrogens is 1040 g/mol. The standard InChI is InChI=1S/C36H56O34S2/c37-1-7-13(38)26(17(42)31(48)60-7)68-35-21(46)29-23(11(64-35)3-56-29)66-34-20(45)28(16(41)10(63-34)6-59-72(52,53)54)70-36-22(47)30-24(12(65-36)4-57-30)67-33-19(44)27(15(40)9(62-33)5-58-71(49,50)51)69-32-18(43)25-14(39)8(61-32)2-55-25/h7-48H,1-6H2,(H,49,50,51)(H,52,53,54)/t7-,8+,9-,10-,11+,12+,13+,14-,15+,16+,17-,18+,19-,20-,21+,22+,23-,24-,25-,26+,27+,28+,29+,30+,31-,32+,33+,34+,35+,36+/m1/s1. The van der Waals surface area contributed by atoms with Crippen LogP contribution < -0.4 is 0 Å². The Labute approximate surface area is 405 Å². The van der Waals surface area contributed by atoms with Crippen molar-refractivity contribution in [2.24, 2.45) is 0 Å². The maximum atomic E-state index is 11.6. The normalized spacial score (nSPS) is 52.7. The lowest BCUT2D eigenvalue weighted by molar-refractivity contribution is -0.380. The van der Waals surface area contributed by atoms with Gasteiger partial charge >= 0.3 is 20.8 Å². The first kappa shape index (κ1) is 55.5. The average molecular weight is 1100 g/mol. The van der Waals surface area contributed by atoms with E-state index in [0.29, 0.717) is 0 Å².